The summed E-state index contributed by atoms with van der Waals surface area (Å²) in [6.45, 7) is 5.87. The van der Waals surface area contributed by atoms with E-state index in [0.29, 0.717) is 6.04 Å². The summed E-state index contributed by atoms with van der Waals surface area (Å²) in [7, 11) is 2.04. The van der Waals surface area contributed by atoms with Crippen LogP contribution in [0.15, 0.2) is 24.3 Å². The summed E-state index contributed by atoms with van der Waals surface area (Å²) in [6.07, 6.45) is 3.40. The van der Waals surface area contributed by atoms with Crippen molar-refractivity contribution in [2.75, 3.05) is 20.3 Å². The Labute approximate surface area is 105 Å². The van der Waals surface area contributed by atoms with Gasteiger partial charge in [0.25, 0.3) is 0 Å². The van der Waals surface area contributed by atoms with Crippen molar-refractivity contribution in [3.63, 3.8) is 0 Å². The third kappa shape index (κ3) is 5.85. The van der Waals surface area contributed by atoms with Crippen molar-refractivity contribution in [3.8, 4) is 0 Å². The Morgan fingerprint density at radius 3 is 2.53 bits per heavy atom. The van der Waals surface area contributed by atoms with Crippen molar-refractivity contribution in [2.24, 2.45) is 0 Å². The monoisotopic (exact) mass is 235 g/mol. The molecule has 17 heavy (non-hydrogen) atoms. The maximum absolute atomic E-state index is 5.37. The van der Waals surface area contributed by atoms with Crippen molar-refractivity contribution >= 4 is 0 Å². The summed E-state index contributed by atoms with van der Waals surface area (Å²) >= 11 is 0. The predicted molar refractivity (Wildman–Crippen MR) is 73.5 cm³/mol. The maximum atomic E-state index is 5.37. The zero-order valence-corrected chi connectivity index (χ0v) is 11.3. The topological polar surface area (TPSA) is 21.3 Å². The van der Waals surface area contributed by atoms with E-state index in [9.17, 15) is 0 Å². The third-order valence-corrected chi connectivity index (χ3v) is 3.06. The lowest BCUT2D eigenvalue weighted by Gasteiger charge is -2.16. The molecule has 0 amide bonds. The molecule has 96 valence electrons. The minimum absolute atomic E-state index is 0.554. The van der Waals surface area contributed by atoms with Crippen molar-refractivity contribution in [3.05, 3.63) is 35.4 Å². The van der Waals surface area contributed by atoms with Crippen LogP contribution in [-0.4, -0.2) is 26.3 Å². The molecule has 0 aromatic heterocycles. The van der Waals surface area contributed by atoms with E-state index >= 15 is 0 Å². The van der Waals surface area contributed by atoms with Crippen LogP contribution in [0.1, 0.15) is 30.9 Å². The number of hydrogen-bond acceptors (Lipinski definition) is 2. The van der Waals surface area contributed by atoms with Crippen molar-refractivity contribution in [2.45, 2.75) is 39.2 Å². The molecule has 0 saturated heterocycles. The fourth-order valence-corrected chi connectivity index (χ4v) is 1.93. The number of benzene rings is 1. The number of ether oxygens (including phenoxy) is 1. The third-order valence-electron chi connectivity index (χ3n) is 3.06. The largest absolute Gasteiger partial charge is 0.382 e. The second kappa shape index (κ2) is 8.26. The lowest BCUT2D eigenvalue weighted by atomic mass is 10.0. The summed E-state index contributed by atoms with van der Waals surface area (Å²) in [6, 6.07) is 9.37. The van der Waals surface area contributed by atoms with Gasteiger partial charge >= 0.3 is 0 Å². The van der Waals surface area contributed by atoms with Crippen LogP contribution in [0.5, 0.6) is 0 Å². The highest BCUT2D eigenvalue weighted by Crippen LogP contribution is 2.09. The van der Waals surface area contributed by atoms with Gasteiger partial charge in [-0.1, -0.05) is 29.8 Å². The van der Waals surface area contributed by atoms with E-state index < -0.39 is 0 Å². The molecular formula is C15H25NO. The molecule has 0 heterocycles. The summed E-state index contributed by atoms with van der Waals surface area (Å²) in [4.78, 5) is 0. The van der Waals surface area contributed by atoms with Gasteiger partial charge in [-0.25, -0.2) is 0 Å². The van der Waals surface area contributed by atoms with Gasteiger partial charge in [0.1, 0.15) is 0 Å². The average Bonchev–Trinajstić information content (AvgIpc) is 2.35. The molecule has 0 aliphatic carbocycles. The van der Waals surface area contributed by atoms with E-state index in [1.165, 1.54) is 17.5 Å². The zero-order valence-electron chi connectivity index (χ0n) is 11.3. The Balaban J connectivity index is 2.33. The number of aryl methyl sites for hydroxylation is 1. The summed E-state index contributed by atoms with van der Waals surface area (Å²) < 4.78 is 5.37. The van der Waals surface area contributed by atoms with Crippen LogP contribution >= 0.6 is 0 Å². The van der Waals surface area contributed by atoms with Gasteiger partial charge in [0.2, 0.25) is 0 Å². The molecule has 0 aliphatic heterocycles. The Kier molecular flexibility index (Phi) is 6.90. The van der Waals surface area contributed by atoms with Crippen LogP contribution in [0.25, 0.3) is 0 Å². The van der Waals surface area contributed by atoms with Gasteiger partial charge in [-0.15, -0.1) is 0 Å². The second-order valence-corrected chi connectivity index (χ2v) is 4.51. The minimum Gasteiger partial charge on any atom is -0.382 e. The Morgan fingerprint density at radius 2 is 1.94 bits per heavy atom. The van der Waals surface area contributed by atoms with E-state index in [0.717, 1.165) is 26.1 Å². The van der Waals surface area contributed by atoms with Crippen LogP contribution in [0, 0.1) is 6.92 Å². The van der Waals surface area contributed by atoms with Crippen LogP contribution in [0.4, 0.5) is 0 Å². The molecule has 1 atom stereocenters. The highest BCUT2D eigenvalue weighted by atomic mass is 16.5. The Morgan fingerprint density at radius 1 is 1.24 bits per heavy atom. The molecule has 0 saturated carbocycles. The van der Waals surface area contributed by atoms with Gasteiger partial charge in [0.05, 0.1) is 0 Å². The Hall–Kier alpha value is -0.860. The minimum atomic E-state index is 0.554. The second-order valence-electron chi connectivity index (χ2n) is 4.51. The normalized spacial score (nSPS) is 12.6. The number of likely N-dealkylation sites (N-methyl/N-ethyl adjacent to an activating group) is 1. The molecule has 0 radical (unpaired) electrons. The molecule has 1 aromatic rings. The molecule has 2 nitrogen and oxygen atoms in total. The molecule has 0 fully saturated rings. The van der Waals surface area contributed by atoms with Crippen LogP contribution in [-0.2, 0) is 11.2 Å². The van der Waals surface area contributed by atoms with Gasteiger partial charge in [-0.3, -0.25) is 0 Å². The first-order chi connectivity index (χ1) is 8.26. The van der Waals surface area contributed by atoms with E-state index in [1.807, 2.05) is 14.0 Å². The summed E-state index contributed by atoms with van der Waals surface area (Å²) in [5.41, 5.74) is 2.73. The fraction of sp³-hybridized carbons (Fsp3) is 0.600. The average molecular weight is 235 g/mol. The first kappa shape index (κ1) is 14.2. The number of hydrogen-bond donors (Lipinski definition) is 1. The van der Waals surface area contributed by atoms with Crippen LogP contribution in [0.2, 0.25) is 0 Å². The maximum Gasteiger partial charge on any atom is 0.0466 e. The van der Waals surface area contributed by atoms with Crippen LogP contribution < -0.4 is 5.32 Å². The van der Waals surface area contributed by atoms with Crippen LogP contribution in [0.3, 0.4) is 0 Å². The molecule has 0 spiro atoms. The molecule has 2 heteroatoms. The summed E-state index contributed by atoms with van der Waals surface area (Å²) in [5, 5.41) is 3.39. The molecule has 0 bridgehead atoms. The molecule has 1 aromatic carbocycles. The molecule has 1 rings (SSSR count). The van der Waals surface area contributed by atoms with Crippen molar-refractivity contribution in [1.82, 2.24) is 5.32 Å². The smallest absolute Gasteiger partial charge is 0.0466 e. The zero-order chi connectivity index (χ0) is 12.5. The van der Waals surface area contributed by atoms with Gasteiger partial charge in [0.15, 0.2) is 0 Å². The summed E-state index contributed by atoms with van der Waals surface area (Å²) in [5.74, 6) is 0. The lowest BCUT2D eigenvalue weighted by Crippen LogP contribution is -2.27. The van der Waals surface area contributed by atoms with E-state index in [4.69, 9.17) is 4.74 Å². The van der Waals surface area contributed by atoms with Gasteiger partial charge in [-0.2, -0.15) is 0 Å². The first-order valence-electron chi connectivity index (χ1n) is 6.56. The quantitative estimate of drug-likeness (QED) is 0.700. The molecule has 1 N–H and O–H groups in total. The van der Waals surface area contributed by atoms with Gasteiger partial charge in [0, 0.05) is 19.3 Å². The standard InChI is InChI=1S/C15H25NO/c1-4-17-11-5-6-15(16-3)12-14-9-7-13(2)8-10-14/h7-10,15-16H,4-6,11-12H2,1-3H3. The van der Waals surface area contributed by atoms with E-state index in [-0.39, 0.29) is 0 Å². The van der Waals surface area contributed by atoms with Crippen molar-refractivity contribution < 1.29 is 4.74 Å². The molecule has 1 unspecified atom stereocenters. The number of nitrogens with one attached hydrogen (secondary N) is 1. The molecule has 0 aliphatic rings. The number of rotatable bonds is 8. The SMILES string of the molecule is CCOCCCC(Cc1ccc(C)cc1)NC. The van der Waals surface area contributed by atoms with E-state index in [1.54, 1.807) is 0 Å². The fourth-order valence-electron chi connectivity index (χ4n) is 1.93. The lowest BCUT2D eigenvalue weighted by molar-refractivity contribution is 0.141. The van der Waals surface area contributed by atoms with Gasteiger partial charge < -0.3 is 10.1 Å². The highest BCUT2D eigenvalue weighted by Gasteiger charge is 2.06. The predicted octanol–water partition coefficient (Wildman–Crippen LogP) is 2.94. The van der Waals surface area contributed by atoms with Gasteiger partial charge in [-0.05, 0) is 45.7 Å². The van der Waals surface area contributed by atoms with Crippen molar-refractivity contribution in [1.29, 1.82) is 0 Å². The molecular weight excluding hydrogens is 210 g/mol. The highest BCUT2D eigenvalue weighted by molar-refractivity contribution is 5.22. The Bertz CT molecular complexity index is 294. The first-order valence-corrected chi connectivity index (χ1v) is 6.56. The van der Waals surface area contributed by atoms with E-state index in [2.05, 4.69) is 36.5 Å².